The summed E-state index contributed by atoms with van der Waals surface area (Å²) in [5.41, 5.74) is 3.77. The van der Waals surface area contributed by atoms with E-state index < -0.39 is 5.56 Å². The summed E-state index contributed by atoms with van der Waals surface area (Å²) < 4.78 is 0. The molecule has 32 heavy (non-hydrogen) atoms. The predicted molar refractivity (Wildman–Crippen MR) is 125 cm³/mol. The first-order valence-electron chi connectivity index (χ1n) is 11.6. The van der Waals surface area contributed by atoms with Crippen molar-refractivity contribution in [2.45, 2.75) is 51.4 Å². The number of benzene rings is 1. The zero-order valence-corrected chi connectivity index (χ0v) is 18.4. The number of aryl methyl sites for hydroxylation is 1. The number of hydrogen-bond acceptors (Lipinski definition) is 5. The molecule has 1 aromatic carbocycles. The number of pyridine rings is 2. The van der Waals surface area contributed by atoms with E-state index in [2.05, 4.69) is 22.4 Å². The number of piperidine rings is 1. The normalized spacial score (nSPS) is 18.7. The first-order valence-corrected chi connectivity index (χ1v) is 11.6. The standard InChI is InChI=1S/C26H29N3O3/c1-15(30)19-12-21-20(18-5-3-11-27-14-18)13-22(28-25(21)29-26(19)32)24-17(4-2-6-23(24)31)10-9-16-7-8-16/h2,4,6,12-13,16,18,27,31H,3,5,7-11,14H2,1H3,(H,28,29,32). The second-order valence-corrected chi connectivity index (χ2v) is 9.26. The molecule has 0 amide bonds. The zero-order chi connectivity index (χ0) is 22.2. The Balaban J connectivity index is 1.70. The average molecular weight is 432 g/mol. The van der Waals surface area contributed by atoms with Gasteiger partial charge in [0.05, 0.1) is 11.3 Å². The Bertz CT molecular complexity index is 1240. The molecule has 1 saturated heterocycles. The lowest BCUT2D eigenvalue weighted by Gasteiger charge is -2.25. The molecular formula is C26H29N3O3. The molecule has 0 spiro atoms. The predicted octanol–water partition coefficient (Wildman–Crippen LogP) is 4.31. The van der Waals surface area contributed by atoms with Gasteiger partial charge in [-0.05, 0) is 80.3 Å². The highest BCUT2D eigenvalue weighted by Crippen LogP contribution is 2.39. The Morgan fingerprint density at radius 3 is 2.78 bits per heavy atom. The van der Waals surface area contributed by atoms with Gasteiger partial charge in [-0.2, -0.15) is 0 Å². The number of carbonyl (C=O) groups is 1. The largest absolute Gasteiger partial charge is 0.507 e. The number of H-pyrrole nitrogens is 1. The third kappa shape index (κ3) is 4.07. The number of hydrogen-bond donors (Lipinski definition) is 3. The van der Waals surface area contributed by atoms with Crippen molar-refractivity contribution < 1.29 is 9.90 Å². The molecule has 1 aliphatic carbocycles. The molecule has 3 aromatic rings. The van der Waals surface area contributed by atoms with Crippen LogP contribution in [0.15, 0.2) is 35.1 Å². The minimum Gasteiger partial charge on any atom is -0.507 e. The van der Waals surface area contributed by atoms with E-state index in [0.717, 1.165) is 66.8 Å². The molecule has 166 valence electrons. The van der Waals surface area contributed by atoms with Crippen molar-refractivity contribution in [1.82, 2.24) is 15.3 Å². The van der Waals surface area contributed by atoms with Gasteiger partial charge in [-0.1, -0.05) is 25.0 Å². The van der Waals surface area contributed by atoms with Crippen LogP contribution in [0.3, 0.4) is 0 Å². The number of rotatable bonds is 6. The quantitative estimate of drug-likeness (QED) is 0.506. The van der Waals surface area contributed by atoms with Gasteiger partial charge in [-0.25, -0.2) is 4.98 Å². The molecule has 0 radical (unpaired) electrons. The summed E-state index contributed by atoms with van der Waals surface area (Å²) in [4.78, 5) is 32.2. The summed E-state index contributed by atoms with van der Waals surface area (Å²) in [5.74, 6) is 0.994. The summed E-state index contributed by atoms with van der Waals surface area (Å²) in [7, 11) is 0. The molecule has 1 aliphatic heterocycles. The van der Waals surface area contributed by atoms with Gasteiger partial charge in [0.2, 0.25) is 0 Å². The number of carbonyl (C=O) groups excluding carboxylic acids is 1. The third-order valence-corrected chi connectivity index (χ3v) is 6.88. The number of aromatic amines is 1. The lowest BCUT2D eigenvalue weighted by Crippen LogP contribution is -2.28. The summed E-state index contributed by atoms with van der Waals surface area (Å²) in [5, 5.41) is 15.1. The average Bonchev–Trinajstić information content (AvgIpc) is 3.61. The molecule has 5 rings (SSSR count). The van der Waals surface area contributed by atoms with Crippen LogP contribution < -0.4 is 10.9 Å². The maximum Gasteiger partial charge on any atom is 0.260 e. The van der Waals surface area contributed by atoms with Crippen molar-refractivity contribution in [3.63, 3.8) is 0 Å². The third-order valence-electron chi connectivity index (χ3n) is 6.88. The second-order valence-electron chi connectivity index (χ2n) is 9.26. The van der Waals surface area contributed by atoms with Crippen LogP contribution in [-0.4, -0.2) is 33.9 Å². The highest BCUT2D eigenvalue weighted by Gasteiger charge is 2.24. The highest BCUT2D eigenvalue weighted by molar-refractivity contribution is 5.97. The van der Waals surface area contributed by atoms with Gasteiger partial charge in [0.25, 0.3) is 5.56 Å². The molecule has 6 heteroatoms. The number of aromatic nitrogens is 2. The van der Waals surface area contributed by atoms with Crippen LogP contribution in [-0.2, 0) is 6.42 Å². The Morgan fingerprint density at radius 2 is 2.06 bits per heavy atom. The number of aromatic hydroxyl groups is 1. The van der Waals surface area contributed by atoms with E-state index in [1.165, 1.54) is 19.8 Å². The topological polar surface area (TPSA) is 95.1 Å². The van der Waals surface area contributed by atoms with Gasteiger partial charge in [0, 0.05) is 17.5 Å². The van der Waals surface area contributed by atoms with Crippen molar-refractivity contribution in [2.75, 3.05) is 13.1 Å². The zero-order valence-electron chi connectivity index (χ0n) is 18.4. The molecule has 2 aliphatic rings. The first kappa shape index (κ1) is 20.9. The van der Waals surface area contributed by atoms with E-state index in [-0.39, 0.29) is 23.0 Å². The SMILES string of the molecule is CC(=O)c1cc2c(C3CCCNC3)cc(-c3c(O)cccc3CCC3CC3)nc2[nH]c1=O. The summed E-state index contributed by atoms with van der Waals surface area (Å²) in [6.07, 6.45) is 6.68. The number of nitrogens with one attached hydrogen (secondary N) is 2. The first-order chi connectivity index (χ1) is 15.5. The van der Waals surface area contributed by atoms with Gasteiger partial charge in [-0.15, -0.1) is 0 Å². The molecule has 3 heterocycles. The van der Waals surface area contributed by atoms with Crippen LogP contribution in [0.1, 0.15) is 66.4 Å². The minimum absolute atomic E-state index is 0.157. The smallest absolute Gasteiger partial charge is 0.260 e. The molecule has 0 bridgehead atoms. The van der Waals surface area contributed by atoms with Crippen molar-refractivity contribution in [1.29, 1.82) is 0 Å². The number of phenolic OH excluding ortho intramolecular Hbond substituents is 1. The van der Waals surface area contributed by atoms with Gasteiger partial charge in [0.15, 0.2) is 5.78 Å². The molecule has 1 unspecified atom stereocenters. The van der Waals surface area contributed by atoms with E-state index in [1.807, 2.05) is 6.07 Å². The number of fused-ring (bicyclic) bond motifs is 1. The van der Waals surface area contributed by atoms with Crippen molar-refractivity contribution in [3.8, 4) is 17.0 Å². The van der Waals surface area contributed by atoms with Gasteiger partial charge >= 0.3 is 0 Å². The van der Waals surface area contributed by atoms with Crippen LogP contribution in [0.4, 0.5) is 0 Å². The molecule has 6 nitrogen and oxygen atoms in total. The molecule has 3 N–H and O–H groups in total. The Kier molecular flexibility index (Phi) is 5.55. The van der Waals surface area contributed by atoms with E-state index in [9.17, 15) is 14.7 Å². The van der Waals surface area contributed by atoms with Crippen LogP contribution in [0, 0.1) is 5.92 Å². The number of Topliss-reactive ketones (excluding diaryl/α,β-unsaturated/α-hetero) is 1. The molecule has 2 fully saturated rings. The summed E-state index contributed by atoms with van der Waals surface area (Å²) in [6.45, 7) is 3.24. The summed E-state index contributed by atoms with van der Waals surface area (Å²) >= 11 is 0. The fourth-order valence-corrected chi connectivity index (χ4v) is 4.91. The van der Waals surface area contributed by atoms with Crippen LogP contribution in [0.2, 0.25) is 0 Å². The minimum atomic E-state index is -0.423. The fourth-order valence-electron chi connectivity index (χ4n) is 4.91. The van der Waals surface area contributed by atoms with Crippen molar-refractivity contribution in [2.24, 2.45) is 5.92 Å². The van der Waals surface area contributed by atoms with Gasteiger partial charge in [-0.3, -0.25) is 9.59 Å². The van der Waals surface area contributed by atoms with E-state index in [4.69, 9.17) is 4.98 Å². The Morgan fingerprint density at radius 1 is 1.22 bits per heavy atom. The van der Waals surface area contributed by atoms with Crippen molar-refractivity contribution >= 4 is 16.8 Å². The molecule has 2 aromatic heterocycles. The second kappa shape index (κ2) is 8.51. The van der Waals surface area contributed by atoms with Crippen LogP contribution in [0.25, 0.3) is 22.3 Å². The highest BCUT2D eigenvalue weighted by atomic mass is 16.3. The van der Waals surface area contributed by atoms with E-state index in [0.29, 0.717) is 11.3 Å². The molecular weight excluding hydrogens is 402 g/mol. The fraction of sp³-hybridized carbons (Fsp3) is 0.423. The van der Waals surface area contributed by atoms with Gasteiger partial charge < -0.3 is 15.4 Å². The lowest BCUT2D eigenvalue weighted by atomic mass is 9.87. The maximum absolute atomic E-state index is 12.6. The molecule has 1 atom stereocenters. The molecule has 1 saturated carbocycles. The number of phenols is 1. The number of ketones is 1. The maximum atomic E-state index is 12.6. The number of nitrogens with zero attached hydrogens (tertiary/aromatic N) is 1. The van der Waals surface area contributed by atoms with Crippen molar-refractivity contribution in [3.05, 3.63) is 57.4 Å². The van der Waals surface area contributed by atoms with Gasteiger partial charge in [0.1, 0.15) is 11.4 Å². The Hall–Kier alpha value is -2.99. The monoisotopic (exact) mass is 431 g/mol. The lowest BCUT2D eigenvalue weighted by molar-refractivity contribution is 0.101. The summed E-state index contributed by atoms with van der Waals surface area (Å²) in [6, 6.07) is 9.39. The van der Waals surface area contributed by atoms with Crippen LogP contribution >= 0.6 is 0 Å². The Labute approximate surface area is 187 Å². The van der Waals surface area contributed by atoms with E-state index in [1.54, 1.807) is 12.1 Å². The van der Waals surface area contributed by atoms with E-state index >= 15 is 0 Å². The van der Waals surface area contributed by atoms with Crippen LogP contribution in [0.5, 0.6) is 5.75 Å².